The molecule has 3 fully saturated rings. The zero-order valence-corrected chi connectivity index (χ0v) is 32.3. The number of carbonyl (C=O) groups excluding carboxylic acids is 2. The Morgan fingerprint density at radius 3 is 1.48 bits per heavy atom. The van der Waals surface area contributed by atoms with Crippen molar-refractivity contribution in [3.8, 4) is 0 Å². The monoisotopic (exact) mass is 814 g/mol. The first-order valence-corrected chi connectivity index (χ1v) is 18.8. The molecule has 56 heavy (non-hydrogen) atoms. The minimum atomic E-state index is -0.714. The van der Waals surface area contributed by atoms with Gasteiger partial charge in [0, 0.05) is 39.3 Å². The summed E-state index contributed by atoms with van der Waals surface area (Å²) in [5, 5.41) is 4.66. The van der Waals surface area contributed by atoms with Crippen LogP contribution in [0.25, 0.3) is 0 Å². The van der Waals surface area contributed by atoms with Gasteiger partial charge in [0.2, 0.25) is 5.96 Å². The molecule has 2 aromatic rings. The molecule has 5 rings (SSSR count). The molecule has 5 heterocycles. The van der Waals surface area contributed by atoms with Crippen LogP contribution in [0.4, 0.5) is 23.3 Å². The van der Waals surface area contributed by atoms with Gasteiger partial charge in [-0.3, -0.25) is 20.2 Å². The summed E-state index contributed by atoms with van der Waals surface area (Å²) in [6.07, 6.45) is 6.75. The topological polar surface area (TPSA) is 351 Å². The first kappa shape index (κ1) is 41.3. The normalized spacial score (nSPS) is 18.4. The van der Waals surface area contributed by atoms with Gasteiger partial charge in [-0.1, -0.05) is 42.6 Å². The van der Waals surface area contributed by atoms with Gasteiger partial charge in [-0.05, 0) is 38.5 Å². The first-order chi connectivity index (χ1) is 26.7. The van der Waals surface area contributed by atoms with Crippen LogP contribution in [0, 0.1) is 0 Å². The summed E-state index contributed by atoms with van der Waals surface area (Å²) < 4.78 is 0. The van der Waals surface area contributed by atoms with Crippen LogP contribution in [0.2, 0.25) is 10.3 Å². The molecule has 22 nitrogen and oxygen atoms in total. The van der Waals surface area contributed by atoms with Crippen molar-refractivity contribution in [3.63, 3.8) is 0 Å². The number of hydrogen-bond donors (Lipinski definition) is 9. The van der Waals surface area contributed by atoms with E-state index in [0.717, 1.165) is 38.8 Å². The van der Waals surface area contributed by atoms with Crippen LogP contribution in [-0.2, 0) is 0 Å². The molecule has 302 valence electrons. The summed E-state index contributed by atoms with van der Waals surface area (Å²) in [4.78, 5) is 65.7. The number of nitrogens with one attached hydrogen (secondary N) is 2. The molecule has 0 unspecified atom stereocenters. The maximum Gasteiger partial charge on any atom is 0.280 e. The molecule has 0 atom stereocenters. The SMILES string of the molecule is C=C(N=C(N=C(N)N1CCCCCC1)N1CCC(N=C(N)NC(=O)c2nc(Cl)c(N)nc2N)CC1)N1CCC(N=C(N)NC(=O)c2nc(Cl)c(N)nc2N)CC1. The minimum Gasteiger partial charge on any atom is -0.382 e. The van der Waals surface area contributed by atoms with E-state index in [0.29, 0.717) is 69.6 Å². The summed E-state index contributed by atoms with van der Waals surface area (Å²) in [6.45, 7) is 8.11. The summed E-state index contributed by atoms with van der Waals surface area (Å²) in [7, 11) is 0. The number of nitrogens with zero attached hydrogens (tertiary/aromatic N) is 11. The van der Waals surface area contributed by atoms with Crippen LogP contribution < -0.4 is 50.8 Å². The second kappa shape index (κ2) is 18.6. The molecule has 3 saturated heterocycles. The van der Waals surface area contributed by atoms with E-state index in [1.54, 1.807) is 0 Å². The number of amides is 2. The van der Waals surface area contributed by atoms with E-state index >= 15 is 0 Å². The van der Waals surface area contributed by atoms with Crippen LogP contribution in [0.5, 0.6) is 0 Å². The molecule has 3 aliphatic rings. The molecule has 0 aromatic carbocycles. The minimum absolute atomic E-state index is 0.0920. The lowest BCUT2D eigenvalue weighted by atomic mass is 10.1. The predicted molar refractivity (Wildman–Crippen MR) is 217 cm³/mol. The molecule has 0 radical (unpaired) electrons. The van der Waals surface area contributed by atoms with E-state index in [2.05, 4.69) is 52.0 Å². The molecule has 0 aliphatic carbocycles. The summed E-state index contributed by atoms with van der Waals surface area (Å²) in [5.41, 5.74) is 41.1. The van der Waals surface area contributed by atoms with Crippen molar-refractivity contribution in [2.75, 3.05) is 62.2 Å². The summed E-state index contributed by atoms with van der Waals surface area (Å²) in [5.74, 6) is -0.828. The van der Waals surface area contributed by atoms with Gasteiger partial charge >= 0.3 is 0 Å². The molecule has 16 N–H and O–H groups in total. The number of rotatable bonds is 6. The Labute approximate surface area is 333 Å². The van der Waals surface area contributed by atoms with Gasteiger partial charge in [-0.25, -0.2) is 29.9 Å². The number of guanidine groups is 4. The van der Waals surface area contributed by atoms with Gasteiger partial charge in [0.25, 0.3) is 11.8 Å². The van der Waals surface area contributed by atoms with Gasteiger partial charge in [0.1, 0.15) is 5.82 Å². The van der Waals surface area contributed by atoms with E-state index in [1.807, 2.05) is 9.80 Å². The zero-order valence-electron chi connectivity index (χ0n) is 30.8. The van der Waals surface area contributed by atoms with E-state index in [-0.39, 0.29) is 69.0 Å². The molecule has 3 aliphatic heterocycles. The second-order valence-electron chi connectivity index (χ2n) is 13.3. The van der Waals surface area contributed by atoms with Crippen LogP contribution in [-0.4, -0.2) is 122 Å². The fraction of sp³-hybridized carbons (Fsp3) is 0.500. The standard InChI is InChI=1S/C32H48Cl2N20O2/c1-16(52-12-6-17(7-13-52)43-29(39)49-27(55)19-23(35)47-25(37)21(33)45-19)42-32(51-31(41)53-10-4-2-3-5-11-53)54-14-8-18(9-15-54)44-30(40)50-28(56)20-24(36)48-26(38)22(34)46-20/h17-18H,1-15H2,(H4,35,37,47)(H4,36,38,48)(H2,41,42,51)(H3,39,43,49,55)(H3,40,44,50,56). The number of piperidine rings is 2. The average molecular weight is 816 g/mol. The Morgan fingerprint density at radius 2 is 1.04 bits per heavy atom. The fourth-order valence-corrected chi connectivity index (χ4v) is 6.55. The third-order valence-corrected chi connectivity index (χ3v) is 9.87. The number of nitrogens with two attached hydrogens (primary N) is 7. The van der Waals surface area contributed by atoms with Crippen LogP contribution >= 0.6 is 23.2 Å². The Morgan fingerprint density at radius 1 is 0.607 bits per heavy atom. The lowest BCUT2D eigenvalue weighted by Gasteiger charge is -2.34. The second-order valence-corrected chi connectivity index (χ2v) is 14.1. The molecular weight excluding hydrogens is 767 g/mol. The number of hydrogen-bond acceptors (Lipinski definition) is 14. The van der Waals surface area contributed by atoms with Crippen molar-refractivity contribution in [2.24, 2.45) is 37.2 Å². The van der Waals surface area contributed by atoms with Crippen molar-refractivity contribution in [1.29, 1.82) is 0 Å². The van der Waals surface area contributed by atoms with Gasteiger partial charge < -0.3 is 54.8 Å². The molecule has 2 amide bonds. The number of halogens is 2. The molecule has 0 saturated carbocycles. The lowest BCUT2D eigenvalue weighted by molar-refractivity contribution is 0.0963. The maximum atomic E-state index is 12.7. The zero-order chi connectivity index (χ0) is 40.5. The quantitative estimate of drug-likeness (QED) is 0.133. The van der Waals surface area contributed by atoms with E-state index in [4.69, 9.17) is 73.3 Å². The predicted octanol–water partition coefficient (Wildman–Crippen LogP) is -0.362. The van der Waals surface area contributed by atoms with Crippen molar-refractivity contribution in [3.05, 3.63) is 34.1 Å². The molecular formula is C32H48Cl2N20O2. The Kier molecular flexibility index (Phi) is 13.7. The van der Waals surface area contributed by atoms with E-state index in [1.165, 1.54) is 0 Å². The van der Waals surface area contributed by atoms with Crippen molar-refractivity contribution < 1.29 is 9.59 Å². The number of carbonyl (C=O) groups is 2. The Bertz CT molecular complexity index is 1910. The van der Waals surface area contributed by atoms with Gasteiger partial charge in [0.05, 0.1) is 12.1 Å². The third kappa shape index (κ3) is 10.9. The van der Waals surface area contributed by atoms with Crippen molar-refractivity contribution in [2.45, 2.75) is 63.5 Å². The summed E-state index contributed by atoms with van der Waals surface area (Å²) >= 11 is 11.8. The Balaban J connectivity index is 1.22. The number of anilines is 4. The number of aliphatic imine (C=N–C) groups is 4. The smallest absolute Gasteiger partial charge is 0.280 e. The average Bonchev–Trinajstić information content (AvgIpc) is 3.45. The molecule has 0 spiro atoms. The van der Waals surface area contributed by atoms with Gasteiger partial charge in [0.15, 0.2) is 62.8 Å². The first-order valence-electron chi connectivity index (χ1n) is 18.0. The van der Waals surface area contributed by atoms with E-state index in [9.17, 15) is 9.59 Å². The maximum absolute atomic E-state index is 12.7. The van der Waals surface area contributed by atoms with Crippen LogP contribution in [0.1, 0.15) is 72.3 Å². The van der Waals surface area contributed by atoms with Gasteiger partial charge in [-0.15, -0.1) is 0 Å². The summed E-state index contributed by atoms with van der Waals surface area (Å²) in [6, 6.07) is -0.378. The highest BCUT2D eigenvalue weighted by atomic mass is 35.5. The number of nitrogen functional groups attached to an aromatic ring is 4. The highest BCUT2D eigenvalue weighted by Gasteiger charge is 2.26. The third-order valence-electron chi connectivity index (χ3n) is 9.32. The van der Waals surface area contributed by atoms with Crippen LogP contribution in [0.3, 0.4) is 0 Å². The highest BCUT2D eigenvalue weighted by molar-refractivity contribution is 6.32. The largest absolute Gasteiger partial charge is 0.382 e. The number of aromatic nitrogens is 4. The van der Waals surface area contributed by atoms with Gasteiger partial charge in [-0.2, -0.15) is 9.98 Å². The molecule has 0 bridgehead atoms. The fourth-order valence-electron chi connectivity index (χ4n) is 6.30. The van der Waals surface area contributed by atoms with E-state index < -0.39 is 11.8 Å². The number of likely N-dealkylation sites (tertiary alicyclic amines) is 3. The van der Waals surface area contributed by atoms with Crippen LogP contribution in [0.15, 0.2) is 32.4 Å². The highest BCUT2D eigenvalue weighted by Crippen LogP contribution is 2.22. The molecule has 2 aromatic heterocycles. The van der Waals surface area contributed by atoms with Crippen molar-refractivity contribution >= 4 is 82.1 Å². The molecule has 24 heteroatoms. The van der Waals surface area contributed by atoms with Crippen molar-refractivity contribution in [1.82, 2.24) is 45.3 Å². The lowest BCUT2D eigenvalue weighted by Crippen LogP contribution is -2.44. The Hall–Kier alpha value is -5.90.